The molecule has 0 heterocycles. The van der Waals surface area contributed by atoms with Gasteiger partial charge >= 0.3 is 0 Å². The number of unbranched alkanes of at least 4 members (excludes halogenated alkanes) is 4. The molecule has 0 aromatic carbocycles. The number of allylic oxidation sites excluding steroid dienone is 4. The van der Waals surface area contributed by atoms with Gasteiger partial charge in [-0.3, -0.25) is 9.59 Å². The third kappa shape index (κ3) is 11.9. The van der Waals surface area contributed by atoms with Crippen LogP contribution in [0.25, 0.3) is 0 Å². The van der Waals surface area contributed by atoms with E-state index in [2.05, 4.69) is 39.8 Å². The van der Waals surface area contributed by atoms with E-state index in [0.29, 0.717) is 36.2 Å². The highest BCUT2D eigenvalue weighted by Gasteiger charge is 2.26. The van der Waals surface area contributed by atoms with Gasteiger partial charge < -0.3 is 9.90 Å². The second kappa shape index (κ2) is 14.6. The van der Waals surface area contributed by atoms with E-state index in [-0.39, 0.29) is 12.0 Å². The van der Waals surface area contributed by atoms with Crippen molar-refractivity contribution in [2.45, 2.75) is 118 Å². The Morgan fingerprint density at radius 3 is 1.69 bits per heavy atom. The van der Waals surface area contributed by atoms with Gasteiger partial charge in [-0.05, 0) is 86.2 Å². The number of aliphatic hydroxyl groups is 1. The smallest absolute Gasteiger partial charge is 0.158 e. The molecule has 2 aliphatic carbocycles. The third-order valence-electron chi connectivity index (χ3n) is 6.52. The van der Waals surface area contributed by atoms with Gasteiger partial charge in [0, 0.05) is 25.9 Å². The predicted octanol–water partition coefficient (Wildman–Crippen LogP) is 6.70. The lowest BCUT2D eigenvalue weighted by Gasteiger charge is -2.29. The van der Waals surface area contributed by atoms with Crippen molar-refractivity contribution in [1.82, 2.24) is 0 Å². The molecule has 4 heteroatoms. The molecule has 0 atom stereocenters. The molecule has 0 aromatic heterocycles. The first-order valence-corrected chi connectivity index (χ1v) is 12.6. The van der Waals surface area contributed by atoms with E-state index in [0.717, 1.165) is 75.2 Å². The molecule has 0 radical (unpaired) electrons. The van der Waals surface area contributed by atoms with Gasteiger partial charge in [0.2, 0.25) is 0 Å². The summed E-state index contributed by atoms with van der Waals surface area (Å²) in [5.41, 5.74) is 2.63. The Bertz CT molecular complexity index is 667. The topological polar surface area (TPSA) is 71.4 Å². The summed E-state index contributed by atoms with van der Waals surface area (Å²) in [6.45, 7) is 9.15. The van der Waals surface area contributed by atoms with Gasteiger partial charge in [-0.25, -0.2) is 0 Å². The Balaban J connectivity index is 0.000000320. The maximum atomic E-state index is 11.9. The van der Waals surface area contributed by atoms with Crippen LogP contribution in [0.5, 0.6) is 0 Å². The van der Waals surface area contributed by atoms with Crippen LogP contribution in [0.2, 0.25) is 0 Å². The van der Waals surface area contributed by atoms with Crippen molar-refractivity contribution in [3.63, 3.8) is 0 Å². The van der Waals surface area contributed by atoms with Crippen molar-refractivity contribution in [3.8, 4) is 0 Å². The molecule has 0 aromatic rings. The minimum Gasteiger partial charge on any atom is -0.396 e. The zero-order chi connectivity index (χ0) is 24.0. The van der Waals surface area contributed by atoms with Crippen LogP contribution in [0.15, 0.2) is 23.3 Å². The lowest BCUT2D eigenvalue weighted by atomic mass is 9.76. The van der Waals surface area contributed by atoms with E-state index in [4.69, 9.17) is 5.11 Å². The molecule has 0 saturated heterocycles. The maximum absolute atomic E-state index is 11.9. The van der Waals surface area contributed by atoms with Gasteiger partial charge in [-0.2, -0.15) is 0 Å². The highest BCUT2D eigenvalue weighted by molar-refractivity contribution is 5.96. The largest absolute Gasteiger partial charge is 0.396 e. The fourth-order valence-corrected chi connectivity index (χ4v) is 4.46. The molecule has 2 rings (SSSR count). The Kier molecular flexibility index (Phi) is 13.0. The Labute approximate surface area is 195 Å². The van der Waals surface area contributed by atoms with Crippen LogP contribution >= 0.6 is 0 Å². The highest BCUT2D eigenvalue weighted by atomic mass is 16.3. The molecule has 0 bridgehead atoms. The number of hydrogen-bond acceptors (Lipinski definition) is 4. The van der Waals surface area contributed by atoms with Crippen molar-refractivity contribution >= 4 is 17.9 Å². The lowest BCUT2D eigenvalue weighted by Crippen LogP contribution is -2.19. The number of hydrogen-bond donors (Lipinski definition) is 1. The Morgan fingerprint density at radius 2 is 1.28 bits per heavy atom. The fourth-order valence-electron chi connectivity index (χ4n) is 4.46. The highest BCUT2D eigenvalue weighted by Crippen LogP contribution is 2.36. The summed E-state index contributed by atoms with van der Waals surface area (Å²) in [4.78, 5) is 34.0. The van der Waals surface area contributed by atoms with E-state index in [9.17, 15) is 14.4 Å². The average molecular weight is 447 g/mol. The number of rotatable bonds is 12. The Morgan fingerprint density at radius 1 is 0.812 bits per heavy atom. The summed E-state index contributed by atoms with van der Waals surface area (Å²) < 4.78 is 0. The van der Waals surface area contributed by atoms with Crippen molar-refractivity contribution in [2.75, 3.05) is 6.61 Å². The molecule has 0 aliphatic heterocycles. The lowest BCUT2D eigenvalue weighted by molar-refractivity contribution is -0.117. The van der Waals surface area contributed by atoms with Crippen molar-refractivity contribution < 1.29 is 19.5 Å². The van der Waals surface area contributed by atoms with Crippen molar-refractivity contribution in [3.05, 3.63) is 23.3 Å². The van der Waals surface area contributed by atoms with Crippen LogP contribution < -0.4 is 0 Å². The zero-order valence-corrected chi connectivity index (χ0v) is 21.0. The molecule has 0 amide bonds. The van der Waals surface area contributed by atoms with Crippen LogP contribution in [-0.2, 0) is 14.4 Å². The third-order valence-corrected chi connectivity index (χ3v) is 6.52. The second-order valence-electron chi connectivity index (χ2n) is 11.0. The molecule has 2 aliphatic rings. The monoisotopic (exact) mass is 446 g/mol. The minimum absolute atomic E-state index is 0.240. The number of ketones is 2. The standard InChI is InChI=1S/C14H24O2.C14H22O2/c2*1-14(2)9-6-7-12(11-14)13(16)8-4-3-5-10-15/h7,15H,3-6,8-11H2,1-2H3;7,10H,3-6,8-9,11H2,1-2H3. The van der Waals surface area contributed by atoms with Gasteiger partial charge in [0.25, 0.3) is 0 Å². The van der Waals surface area contributed by atoms with Gasteiger partial charge in [0.15, 0.2) is 11.6 Å². The summed E-state index contributed by atoms with van der Waals surface area (Å²) in [5, 5.41) is 8.65. The summed E-state index contributed by atoms with van der Waals surface area (Å²) >= 11 is 0. The molecule has 0 unspecified atom stereocenters. The van der Waals surface area contributed by atoms with E-state index >= 15 is 0 Å². The molecule has 4 nitrogen and oxygen atoms in total. The SMILES string of the molecule is CC1(C)CCC=C(C(=O)CCCCC=O)C1.CC1(C)CCC=C(C(=O)CCCCCO)C1. The number of Topliss-reactive ketones (excluding diaryl/α,β-unsaturated/α-hetero) is 2. The van der Waals surface area contributed by atoms with E-state index in [1.54, 1.807) is 0 Å². The minimum atomic E-state index is 0.240. The second-order valence-corrected chi connectivity index (χ2v) is 11.0. The molecular weight excluding hydrogens is 400 g/mol. The van der Waals surface area contributed by atoms with Crippen molar-refractivity contribution in [2.24, 2.45) is 10.8 Å². The number of aliphatic hydroxyl groups excluding tert-OH is 1. The quantitative estimate of drug-likeness (QED) is 0.267. The zero-order valence-electron chi connectivity index (χ0n) is 21.0. The van der Waals surface area contributed by atoms with Crippen molar-refractivity contribution in [1.29, 1.82) is 0 Å². The van der Waals surface area contributed by atoms with Crippen LogP contribution in [0.4, 0.5) is 0 Å². The number of carbonyl (C=O) groups excluding carboxylic acids is 3. The molecule has 0 spiro atoms. The van der Waals surface area contributed by atoms with E-state index in [1.807, 2.05) is 0 Å². The fraction of sp³-hybridized carbons (Fsp3) is 0.750. The normalized spacial score (nSPS) is 19.2. The van der Waals surface area contributed by atoms with E-state index in [1.165, 1.54) is 12.8 Å². The Hall–Kier alpha value is -1.55. The molecule has 32 heavy (non-hydrogen) atoms. The van der Waals surface area contributed by atoms with Crippen LogP contribution in [-0.4, -0.2) is 29.6 Å². The van der Waals surface area contributed by atoms with Gasteiger partial charge in [-0.1, -0.05) is 46.3 Å². The summed E-state index contributed by atoms with van der Waals surface area (Å²) in [7, 11) is 0. The van der Waals surface area contributed by atoms with E-state index < -0.39 is 0 Å². The van der Waals surface area contributed by atoms with Gasteiger partial charge in [-0.15, -0.1) is 0 Å². The summed E-state index contributed by atoms with van der Waals surface area (Å²) in [6.07, 6.45) is 17.7. The first-order valence-electron chi connectivity index (χ1n) is 12.6. The molecular formula is C28H46O4. The summed E-state index contributed by atoms with van der Waals surface area (Å²) in [5.74, 6) is 0.615. The van der Waals surface area contributed by atoms with Gasteiger partial charge in [0.05, 0.1) is 0 Å². The molecule has 182 valence electrons. The number of aldehydes is 1. The molecule has 0 saturated carbocycles. The van der Waals surface area contributed by atoms with Crippen LogP contribution in [0.3, 0.4) is 0 Å². The van der Waals surface area contributed by atoms with Crippen LogP contribution in [0.1, 0.15) is 118 Å². The number of carbonyl (C=O) groups is 3. The molecule has 0 fully saturated rings. The maximum Gasteiger partial charge on any atom is 0.158 e. The first kappa shape index (κ1) is 28.5. The summed E-state index contributed by atoms with van der Waals surface area (Å²) in [6, 6.07) is 0. The van der Waals surface area contributed by atoms with Crippen LogP contribution in [0, 0.1) is 10.8 Å². The first-order chi connectivity index (χ1) is 15.1. The molecule has 1 N–H and O–H groups in total. The predicted molar refractivity (Wildman–Crippen MR) is 132 cm³/mol. The average Bonchev–Trinajstić information content (AvgIpc) is 2.73. The van der Waals surface area contributed by atoms with Gasteiger partial charge in [0.1, 0.15) is 6.29 Å².